The van der Waals surface area contributed by atoms with Gasteiger partial charge in [-0.2, -0.15) is 0 Å². The maximum atomic E-state index is 12.0. The highest BCUT2D eigenvalue weighted by Crippen LogP contribution is 2.22. The van der Waals surface area contributed by atoms with E-state index in [9.17, 15) is 19.2 Å². The number of nitrogens with two attached hydrogens (primary N) is 1. The number of nitrogens with zero attached hydrogens (tertiary/aromatic N) is 1. The van der Waals surface area contributed by atoms with E-state index in [1.54, 1.807) is 12.1 Å². The predicted molar refractivity (Wildman–Crippen MR) is 75.5 cm³/mol. The maximum Gasteiger partial charge on any atom is 0.318 e. The Kier molecular flexibility index (Phi) is 4.99. The van der Waals surface area contributed by atoms with Crippen molar-refractivity contribution in [3.05, 3.63) is 24.2 Å². The zero-order chi connectivity index (χ0) is 17.0. The standard InChI is InChI=1S/C14H17N3O6/c1-8(12(19)16-14(15)21)23-13(20)9-5-11(18)17(6-9)7-10-3-2-4-22-10/h2-4,8-9H,5-7H2,1H3,(H3,15,16,19,21)/t8-,9-/m1/s1. The number of esters is 1. The molecule has 0 bridgehead atoms. The molecular formula is C14H17N3O6. The van der Waals surface area contributed by atoms with Crippen molar-refractivity contribution >= 4 is 23.8 Å². The van der Waals surface area contributed by atoms with Gasteiger partial charge in [0, 0.05) is 13.0 Å². The summed E-state index contributed by atoms with van der Waals surface area (Å²) in [6.07, 6.45) is 0.328. The Balaban J connectivity index is 1.87. The number of urea groups is 1. The van der Waals surface area contributed by atoms with Crippen LogP contribution in [0.25, 0.3) is 0 Å². The van der Waals surface area contributed by atoms with Crippen molar-refractivity contribution in [2.24, 2.45) is 11.7 Å². The highest BCUT2D eigenvalue weighted by atomic mass is 16.5. The molecule has 124 valence electrons. The number of amides is 4. The number of primary amides is 1. The zero-order valence-corrected chi connectivity index (χ0v) is 12.5. The molecule has 0 aliphatic carbocycles. The summed E-state index contributed by atoms with van der Waals surface area (Å²) in [6.45, 7) is 1.77. The number of likely N-dealkylation sites (tertiary alicyclic amines) is 1. The van der Waals surface area contributed by atoms with E-state index >= 15 is 0 Å². The summed E-state index contributed by atoms with van der Waals surface area (Å²) < 4.78 is 10.1. The van der Waals surface area contributed by atoms with Crippen LogP contribution < -0.4 is 11.1 Å². The average Bonchev–Trinajstić information content (AvgIpc) is 3.09. The number of ether oxygens (including phenoxy) is 1. The van der Waals surface area contributed by atoms with Crippen LogP contribution in [0.1, 0.15) is 19.1 Å². The Bertz CT molecular complexity index is 612. The van der Waals surface area contributed by atoms with Gasteiger partial charge in [-0.05, 0) is 19.1 Å². The zero-order valence-electron chi connectivity index (χ0n) is 12.5. The molecule has 1 aromatic rings. The molecule has 1 aliphatic rings. The van der Waals surface area contributed by atoms with Crippen LogP contribution >= 0.6 is 0 Å². The Morgan fingerprint density at radius 2 is 2.26 bits per heavy atom. The molecule has 0 saturated carbocycles. The minimum Gasteiger partial charge on any atom is -0.467 e. The third kappa shape index (κ3) is 4.31. The molecule has 1 aromatic heterocycles. The second kappa shape index (κ2) is 6.95. The van der Waals surface area contributed by atoms with E-state index in [4.69, 9.17) is 14.9 Å². The van der Waals surface area contributed by atoms with Gasteiger partial charge in [0.1, 0.15) is 5.76 Å². The SMILES string of the molecule is C[C@@H](OC(=O)[C@@H]1CC(=O)N(Cc2ccco2)C1)C(=O)NC(N)=O. The Morgan fingerprint density at radius 3 is 2.87 bits per heavy atom. The lowest BCUT2D eigenvalue weighted by Gasteiger charge is -2.16. The summed E-state index contributed by atoms with van der Waals surface area (Å²) in [7, 11) is 0. The first-order valence-electron chi connectivity index (χ1n) is 6.97. The van der Waals surface area contributed by atoms with Crippen LogP contribution in [-0.2, 0) is 25.7 Å². The van der Waals surface area contributed by atoms with Crippen molar-refractivity contribution in [2.75, 3.05) is 6.54 Å². The number of rotatable bonds is 5. The maximum absolute atomic E-state index is 12.0. The van der Waals surface area contributed by atoms with E-state index in [0.29, 0.717) is 5.76 Å². The summed E-state index contributed by atoms with van der Waals surface area (Å²) in [5.41, 5.74) is 4.81. The van der Waals surface area contributed by atoms with E-state index in [1.807, 2.05) is 5.32 Å². The monoisotopic (exact) mass is 323 g/mol. The molecule has 0 aromatic carbocycles. The van der Waals surface area contributed by atoms with Gasteiger partial charge in [-0.15, -0.1) is 0 Å². The lowest BCUT2D eigenvalue weighted by molar-refractivity contribution is -0.158. The van der Waals surface area contributed by atoms with Crippen LogP contribution in [0.2, 0.25) is 0 Å². The van der Waals surface area contributed by atoms with E-state index in [-0.39, 0.29) is 25.4 Å². The number of carbonyl (C=O) groups excluding carboxylic acids is 4. The third-order valence-corrected chi connectivity index (χ3v) is 3.38. The molecule has 1 saturated heterocycles. The normalized spacial score (nSPS) is 18.6. The Labute approximate surface area is 131 Å². The van der Waals surface area contributed by atoms with Crippen molar-refractivity contribution < 1.29 is 28.3 Å². The number of carbonyl (C=O) groups is 4. The number of nitrogens with one attached hydrogen (secondary N) is 1. The second-order valence-corrected chi connectivity index (χ2v) is 5.19. The van der Waals surface area contributed by atoms with Crippen molar-refractivity contribution in [2.45, 2.75) is 26.0 Å². The molecular weight excluding hydrogens is 306 g/mol. The molecule has 23 heavy (non-hydrogen) atoms. The molecule has 2 rings (SSSR count). The predicted octanol–water partition coefficient (Wildman–Crippen LogP) is -0.245. The molecule has 1 aliphatic heterocycles. The number of furan rings is 1. The minimum atomic E-state index is -1.18. The molecule has 0 spiro atoms. The van der Waals surface area contributed by atoms with Gasteiger partial charge in [0.15, 0.2) is 6.10 Å². The van der Waals surface area contributed by atoms with Gasteiger partial charge in [-0.1, -0.05) is 0 Å². The van der Waals surface area contributed by atoms with Gasteiger partial charge in [0.05, 0.1) is 18.7 Å². The lowest BCUT2D eigenvalue weighted by Crippen LogP contribution is -2.42. The topological polar surface area (TPSA) is 132 Å². The van der Waals surface area contributed by atoms with Crippen LogP contribution in [0, 0.1) is 5.92 Å². The molecule has 1 fully saturated rings. The molecule has 0 unspecified atom stereocenters. The van der Waals surface area contributed by atoms with Crippen LogP contribution in [0.3, 0.4) is 0 Å². The molecule has 0 radical (unpaired) electrons. The third-order valence-electron chi connectivity index (χ3n) is 3.38. The van der Waals surface area contributed by atoms with Gasteiger partial charge in [0.2, 0.25) is 5.91 Å². The van der Waals surface area contributed by atoms with Crippen molar-refractivity contribution in [3.8, 4) is 0 Å². The molecule has 9 nitrogen and oxygen atoms in total. The van der Waals surface area contributed by atoms with E-state index in [1.165, 1.54) is 18.1 Å². The van der Waals surface area contributed by atoms with Gasteiger partial charge in [0.25, 0.3) is 5.91 Å². The summed E-state index contributed by atoms with van der Waals surface area (Å²) in [6, 6.07) is 2.41. The number of imide groups is 1. The van der Waals surface area contributed by atoms with Crippen molar-refractivity contribution in [1.29, 1.82) is 0 Å². The lowest BCUT2D eigenvalue weighted by atomic mass is 10.1. The van der Waals surface area contributed by atoms with E-state index in [2.05, 4.69) is 0 Å². The minimum absolute atomic E-state index is 0.00367. The van der Waals surface area contributed by atoms with Crippen LogP contribution in [-0.4, -0.2) is 41.4 Å². The van der Waals surface area contributed by atoms with Gasteiger partial charge >= 0.3 is 12.0 Å². The summed E-state index contributed by atoms with van der Waals surface area (Å²) >= 11 is 0. The molecule has 9 heteroatoms. The quantitative estimate of drug-likeness (QED) is 0.718. The molecule has 2 atom stereocenters. The first kappa shape index (κ1) is 16.5. The van der Waals surface area contributed by atoms with Gasteiger partial charge in [-0.3, -0.25) is 19.7 Å². The molecule has 4 amide bonds. The van der Waals surface area contributed by atoms with Crippen molar-refractivity contribution in [3.63, 3.8) is 0 Å². The van der Waals surface area contributed by atoms with Crippen molar-refractivity contribution in [1.82, 2.24) is 10.2 Å². The van der Waals surface area contributed by atoms with Gasteiger partial charge < -0.3 is 19.8 Å². The summed E-state index contributed by atoms with van der Waals surface area (Å²) in [5.74, 6) is -1.74. The Hall–Kier alpha value is -2.84. The fraction of sp³-hybridized carbons (Fsp3) is 0.429. The highest BCUT2D eigenvalue weighted by Gasteiger charge is 2.36. The first-order chi connectivity index (χ1) is 10.9. The Morgan fingerprint density at radius 1 is 1.52 bits per heavy atom. The second-order valence-electron chi connectivity index (χ2n) is 5.19. The summed E-state index contributed by atoms with van der Waals surface area (Å²) in [5, 5.41) is 1.82. The van der Waals surface area contributed by atoms with Crippen LogP contribution in [0.15, 0.2) is 22.8 Å². The van der Waals surface area contributed by atoms with Crippen LogP contribution in [0.5, 0.6) is 0 Å². The number of hydrogen-bond acceptors (Lipinski definition) is 6. The van der Waals surface area contributed by atoms with E-state index < -0.39 is 29.9 Å². The average molecular weight is 323 g/mol. The fourth-order valence-electron chi connectivity index (χ4n) is 2.22. The summed E-state index contributed by atoms with van der Waals surface area (Å²) in [4.78, 5) is 47.5. The number of hydrogen-bond donors (Lipinski definition) is 2. The fourth-order valence-corrected chi connectivity index (χ4v) is 2.22. The molecule has 3 N–H and O–H groups in total. The van der Waals surface area contributed by atoms with E-state index in [0.717, 1.165) is 0 Å². The van der Waals surface area contributed by atoms with Crippen LogP contribution in [0.4, 0.5) is 4.79 Å². The van der Waals surface area contributed by atoms with Gasteiger partial charge in [-0.25, -0.2) is 4.79 Å². The first-order valence-corrected chi connectivity index (χ1v) is 6.97. The largest absolute Gasteiger partial charge is 0.467 e. The highest BCUT2D eigenvalue weighted by molar-refractivity contribution is 5.96. The smallest absolute Gasteiger partial charge is 0.318 e. The molecule has 2 heterocycles.